The molecular formula is C22H23N7O2S3. The van der Waals surface area contributed by atoms with Crippen LogP contribution in [0.2, 0.25) is 0 Å². The molecule has 9 nitrogen and oxygen atoms in total. The highest BCUT2D eigenvalue weighted by atomic mass is 32.1. The quantitative estimate of drug-likeness (QED) is 0.290. The van der Waals surface area contributed by atoms with Gasteiger partial charge >= 0.3 is 0 Å². The highest BCUT2D eigenvalue weighted by molar-refractivity contribution is 7.15. The lowest BCUT2D eigenvalue weighted by Crippen LogP contribution is -2.14. The third-order valence-electron chi connectivity index (χ3n) is 4.84. The maximum atomic E-state index is 12.2. The zero-order valence-corrected chi connectivity index (χ0v) is 20.9. The Hall–Kier alpha value is -3.09. The van der Waals surface area contributed by atoms with E-state index in [0.717, 1.165) is 52.5 Å². The molecule has 0 saturated heterocycles. The van der Waals surface area contributed by atoms with Crippen molar-refractivity contribution < 1.29 is 9.59 Å². The van der Waals surface area contributed by atoms with Crippen molar-refractivity contribution in [2.75, 3.05) is 10.6 Å². The number of hydrogen-bond acceptors (Lipinski definition) is 10. The van der Waals surface area contributed by atoms with Crippen LogP contribution in [0.1, 0.15) is 39.7 Å². The predicted octanol–water partition coefficient (Wildman–Crippen LogP) is 4.08. The van der Waals surface area contributed by atoms with E-state index in [0.29, 0.717) is 16.7 Å². The highest BCUT2D eigenvalue weighted by Crippen LogP contribution is 2.20. The molecule has 3 heterocycles. The Kier molecular flexibility index (Phi) is 8.39. The van der Waals surface area contributed by atoms with Crippen LogP contribution >= 0.6 is 34.2 Å². The fraction of sp³-hybridized carbons (Fsp3) is 0.318. The molecular weight excluding hydrogens is 490 g/mol. The molecule has 0 aliphatic rings. The van der Waals surface area contributed by atoms with E-state index in [4.69, 9.17) is 0 Å². The minimum absolute atomic E-state index is 0.102. The minimum Gasteiger partial charge on any atom is -0.300 e. The van der Waals surface area contributed by atoms with Crippen molar-refractivity contribution in [1.29, 1.82) is 0 Å². The Morgan fingerprint density at radius 2 is 1.41 bits per heavy atom. The van der Waals surface area contributed by atoms with E-state index in [1.807, 2.05) is 42.6 Å². The van der Waals surface area contributed by atoms with Crippen molar-refractivity contribution >= 4 is 56.3 Å². The molecule has 4 rings (SSSR count). The van der Waals surface area contributed by atoms with Gasteiger partial charge in [-0.15, -0.1) is 20.4 Å². The number of benzene rings is 1. The van der Waals surface area contributed by atoms with Gasteiger partial charge in [0.2, 0.25) is 22.1 Å². The monoisotopic (exact) mass is 513 g/mol. The second-order valence-corrected chi connectivity index (χ2v) is 10.3. The molecule has 0 spiro atoms. The Bertz CT molecular complexity index is 1240. The third kappa shape index (κ3) is 7.20. The lowest BCUT2D eigenvalue weighted by Gasteiger charge is -2.00. The summed E-state index contributed by atoms with van der Waals surface area (Å²) in [5.74, 6) is -0.241. The largest absolute Gasteiger partial charge is 0.300 e. The van der Waals surface area contributed by atoms with Crippen LogP contribution in [0.25, 0.3) is 0 Å². The topological polar surface area (TPSA) is 123 Å². The Labute approximate surface area is 208 Å². The van der Waals surface area contributed by atoms with Crippen molar-refractivity contribution in [2.24, 2.45) is 0 Å². The first-order valence-corrected chi connectivity index (χ1v) is 13.2. The molecule has 2 amide bonds. The van der Waals surface area contributed by atoms with Crippen LogP contribution in [0.4, 0.5) is 10.3 Å². The SMILES string of the molecule is Cc1csnc1CC(=O)Nc1nnc(CCCCc2nnc(NC(=O)Cc3ccccc3)s2)s1. The number of aromatic nitrogens is 5. The predicted molar refractivity (Wildman–Crippen MR) is 134 cm³/mol. The van der Waals surface area contributed by atoms with Gasteiger partial charge in [-0.05, 0) is 42.4 Å². The Balaban J connectivity index is 1.15. The van der Waals surface area contributed by atoms with E-state index >= 15 is 0 Å². The van der Waals surface area contributed by atoms with E-state index in [9.17, 15) is 9.59 Å². The molecule has 3 aromatic heterocycles. The first-order chi connectivity index (χ1) is 16.5. The van der Waals surface area contributed by atoms with Crippen LogP contribution in [0.15, 0.2) is 35.7 Å². The Morgan fingerprint density at radius 3 is 1.97 bits per heavy atom. The number of carbonyl (C=O) groups is 2. The molecule has 1 aromatic carbocycles. The van der Waals surface area contributed by atoms with E-state index in [1.165, 1.54) is 34.2 Å². The lowest BCUT2D eigenvalue weighted by molar-refractivity contribution is -0.116. The molecule has 12 heteroatoms. The van der Waals surface area contributed by atoms with Gasteiger partial charge in [0.25, 0.3) is 0 Å². The smallest absolute Gasteiger partial charge is 0.232 e. The second-order valence-electron chi connectivity index (χ2n) is 7.59. The first kappa shape index (κ1) is 24.0. The van der Waals surface area contributed by atoms with Gasteiger partial charge < -0.3 is 10.6 Å². The van der Waals surface area contributed by atoms with Crippen molar-refractivity contribution in [3.05, 3.63) is 62.5 Å². The summed E-state index contributed by atoms with van der Waals surface area (Å²) in [6.07, 6.45) is 3.93. The fourth-order valence-corrected chi connectivity index (χ4v) is 5.38. The molecule has 0 fully saturated rings. The van der Waals surface area contributed by atoms with Crippen molar-refractivity contribution in [1.82, 2.24) is 24.8 Å². The summed E-state index contributed by atoms with van der Waals surface area (Å²) in [6.45, 7) is 1.94. The van der Waals surface area contributed by atoms with Gasteiger partial charge in [0.15, 0.2) is 0 Å². The van der Waals surface area contributed by atoms with E-state index < -0.39 is 0 Å². The minimum atomic E-state index is -0.139. The average Bonchev–Trinajstić information content (AvgIpc) is 3.55. The van der Waals surface area contributed by atoms with E-state index in [-0.39, 0.29) is 18.2 Å². The zero-order chi connectivity index (χ0) is 23.8. The molecule has 0 saturated carbocycles. The van der Waals surface area contributed by atoms with Gasteiger partial charge in [0.05, 0.1) is 18.5 Å². The summed E-state index contributed by atoms with van der Waals surface area (Å²) in [4.78, 5) is 24.3. The van der Waals surface area contributed by atoms with Crippen LogP contribution in [-0.2, 0) is 35.3 Å². The van der Waals surface area contributed by atoms with Crippen LogP contribution in [0.5, 0.6) is 0 Å². The standard InChI is InChI=1S/C22H23N7O2S3/c1-14-13-32-29-16(14)12-18(31)24-22-28-26-20(34-22)10-6-5-9-19-25-27-21(33-19)23-17(30)11-15-7-3-2-4-8-15/h2-4,7-8,13H,5-6,9-12H2,1H3,(H,23,27,30)(H,24,28,31). The zero-order valence-electron chi connectivity index (χ0n) is 18.5. The molecule has 4 aromatic rings. The molecule has 0 atom stereocenters. The van der Waals surface area contributed by atoms with Crippen LogP contribution in [0.3, 0.4) is 0 Å². The number of rotatable bonds is 11. The summed E-state index contributed by atoms with van der Waals surface area (Å²) in [6, 6.07) is 9.59. The fourth-order valence-electron chi connectivity index (χ4n) is 3.10. The molecule has 176 valence electrons. The number of carbonyl (C=O) groups excluding carboxylic acids is 2. The second kappa shape index (κ2) is 11.9. The van der Waals surface area contributed by atoms with Crippen LogP contribution in [-0.4, -0.2) is 36.6 Å². The molecule has 0 unspecified atom stereocenters. The summed E-state index contributed by atoms with van der Waals surface area (Å²) in [5, 5.41) is 26.8. The number of nitrogens with one attached hydrogen (secondary N) is 2. The van der Waals surface area contributed by atoms with Gasteiger partial charge in [0.1, 0.15) is 10.0 Å². The van der Waals surface area contributed by atoms with E-state index in [1.54, 1.807) is 0 Å². The van der Waals surface area contributed by atoms with Crippen LogP contribution in [0, 0.1) is 6.92 Å². The summed E-state index contributed by atoms with van der Waals surface area (Å²) in [5.41, 5.74) is 2.77. The summed E-state index contributed by atoms with van der Waals surface area (Å²) < 4.78 is 4.23. The number of anilines is 2. The average molecular weight is 514 g/mol. The lowest BCUT2D eigenvalue weighted by atomic mass is 10.1. The van der Waals surface area contributed by atoms with Crippen LogP contribution < -0.4 is 10.6 Å². The third-order valence-corrected chi connectivity index (χ3v) is 7.42. The number of unbranched alkanes of at least 4 members (excludes halogenated alkanes) is 1. The normalized spacial score (nSPS) is 10.9. The molecule has 0 bridgehead atoms. The van der Waals surface area contributed by atoms with Crippen molar-refractivity contribution in [3.63, 3.8) is 0 Å². The van der Waals surface area contributed by atoms with Crippen molar-refractivity contribution in [2.45, 2.75) is 45.4 Å². The number of amides is 2. The summed E-state index contributed by atoms with van der Waals surface area (Å²) in [7, 11) is 0. The Morgan fingerprint density at radius 1 is 0.824 bits per heavy atom. The first-order valence-electron chi connectivity index (χ1n) is 10.7. The number of hydrogen-bond donors (Lipinski definition) is 2. The maximum absolute atomic E-state index is 12.2. The van der Waals surface area contributed by atoms with Crippen molar-refractivity contribution in [3.8, 4) is 0 Å². The van der Waals surface area contributed by atoms with Gasteiger partial charge in [-0.3, -0.25) is 9.59 Å². The highest BCUT2D eigenvalue weighted by Gasteiger charge is 2.12. The molecule has 0 radical (unpaired) electrons. The van der Waals surface area contributed by atoms with Gasteiger partial charge in [0, 0.05) is 18.2 Å². The van der Waals surface area contributed by atoms with Gasteiger partial charge in [-0.1, -0.05) is 53.0 Å². The molecule has 2 N–H and O–H groups in total. The van der Waals surface area contributed by atoms with Gasteiger partial charge in [-0.25, -0.2) is 0 Å². The summed E-state index contributed by atoms with van der Waals surface area (Å²) >= 11 is 4.14. The van der Waals surface area contributed by atoms with E-state index in [2.05, 4.69) is 35.4 Å². The number of aryl methyl sites for hydroxylation is 3. The molecule has 34 heavy (non-hydrogen) atoms. The maximum Gasteiger partial charge on any atom is 0.232 e. The van der Waals surface area contributed by atoms with Gasteiger partial charge in [-0.2, -0.15) is 4.37 Å². The molecule has 0 aliphatic heterocycles. The molecule has 0 aliphatic carbocycles. The number of nitrogens with zero attached hydrogens (tertiary/aromatic N) is 5.